The van der Waals surface area contributed by atoms with Gasteiger partial charge in [-0.05, 0) is 34.5 Å². The van der Waals surface area contributed by atoms with E-state index in [1.807, 2.05) is 24.3 Å². The van der Waals surface area contributed by atoms with Gasteiger partial charge in [0, 0.05) is 6.42 Å². The number of hydrogen-bond donors (Lipinski definition) is 1. The van der Waals surface area contributed by atoms with Gasteiger partial charge < -0.3 is 9.84 Å². The summed E-state index contributed by atoms with van der Waals surface area (Å²) in [5, 5.41) is 20.4. The Hall–Kier alpha value is -2.44. The lowest BCUT2D eigenvalue weighted by atomic mass is 10.1. The average molecular weight is 290 g/mol. The van der Waals surface area contributed by atoms with Crippen molar-refractivity contribution < 1.29 is 14.6 Å². The van der Waals surface area contributed by atoms with Gasteiger partial charge in [0.25, 0.3) is 0 Å². The van der Waals surface area contributed by atoms with Crippen LogP contribution in [0, 0.1) is 5.92 Å². The Labute approximate surface area is 122 Å². The molecule has 0 spiro atoms. The Balaban J connectivity index is 1.97. The number of carboxylic acids is 1. The van der Waals surface area contributed by atoms with Crippen molar-refractivity contribution in [3.63, 3.8) is 0 Å². The molecular formula is C14H18N4O3. The second-order valence-corrected chi connectivity index (χ2v) is 4.86. The van der Waals surface area contributed by atoms with E-state index in [2.05, 4.69) is 15.5 Å². The molecule has 21 heavy (non-hydrogen) atoms. The number of aliphatic carboxylic acids is 1. The zero-order valence-electron chi connectivity index (χ0n) is 12.1. The van der Waals surface area contributed by atoms with Crippen molar-refractivity contribution in [1.82, 2.24) is 20.2 Å². The number of ether oxygens (including phenoxy) is 1. The summed E-state index contributed by atoms with van der Waals surface area (Å²) in [7, 11) is 1.63. The Morgan fingerprint density at radius 1 is 1.33 bits per heavy atom. The highest BCUT2D eigenvalue weighted by Crippen LogP contribution is 2.13. The van der Waals surface area contributed by atoms with Gasteiger partial charge in [-0.15, -0.1) is 5.10 Å². The molecule has 7 nitrogen and oxygen atoms in total. The normalized spacial score (nSPS) is 12.1. The molecular weight excluding hydrogens is 272 g/mol. The molecule has 1 aromatic heterocycles. The summed E-state index contributed by atoms with van der Waals surface area (Å²) in [5.74, 6) is 0.137. The highest BCUT2D eigenvalue weighted by atomic mass is 16.5. The van der Waals surface area contributed by atoms with Crippen molar-refractivity contribution in [2.45, 2.75) is 26.3 Å². The molecule has 0 radical (unpaired) electrons. The van der Waals surface area contributed by atoms with Crippen LogP contribution in [-0.4, -0.2) is 38.4 Å². The Morgan fingerprint density at radius 3 is 2.67 bits per heavy atom. The number of benzene rings is 1. The van der Waals surface area contributed by atoms with E-state index in [0.717, 1.165) is 17.7 Å². The highest BCUT2D eigenvalue weighted by Gasteiger charge is 2.15. The highest BCUT2D eigenvalue weighted by molar-refractivity contribution is 5.69. The fraction of sp³-hybridized carbons (Fsp3) is 0.429. The lowest BCUT2D eigenvalue weighted by Crippen LogP contribution is -2.19. The largest absolute Gasteiger partial charge is 0.497 e. The fourth-order valence-corrected chi connectivity index (χ4v) is 1.93. The summed E-state index contributed by atoms with van der Waals surface area (Å²) in [6, 6.07) is 7.80. The van der Waals surface area contributed by atoms with Gasteiger partial charge in [-0.25, -0.2) is 4.68 Å². The van der Waals surface area contributed by atoms with Crippen molar-refractivity contribution in [2.75, 3.05) is 7.11 Å². The van der Waals surface area contributed by atoms with Gasteiger partial charge in [0.15, 0.2) is 5.82 Å². The molecule has 1 unspecified atom stereocenters. The maximum absolute atomic E-state index is 10.9. The number of aryl methyl sites for hydroxylation is 2. The molecule has 2 rings (SSSR count). The third-order valence-electron chi connectivity index (χ3n) is 3.27. The molecule has 7 heteroatoms. The van der Waals surface area contributed by atoms with E-state index in [1.54, 1.807) is 18.7 Å². The predicted molar refractivity (Wildman–Crippen MR) is 75.0 cm³/mol. The lowest BCUT2D eigenvalue weighted by Gasteiger charge is -2.08. The van der Waals surface area contributed by atoms with E-state index in [9.17, 15) is 4.79 Å². The van der Waals surface area contributed by atoms with Gasteiger partial charge in [-0.1, -0.05) is 19.1 Å². The predicted octanol–water partition coefficient (Wildman–Crippen LogP) is 1.19. The standard InChI is InChI=1S/C14H18N4O3/c1-10(14(19)20)9-18-13(15-16-17-18)8-5-11-3-6-12(21-2)7-4-11/h3-4,6-7,10H,5,8-9H2,1-2H3,(H,19,20). The summed E-state index contributed by atoms with van der Waals surface area (Å²) < 4.78 is 6.67. The molecule has 0 bridgehead atoms. The quantitative estimate of drug-likeness (QED) is 0.823. The molecule has 1 aromatic carbocycles. The van der Waals surface area contributed by atoms with Gasteiger partial charge in [0.05, 0.1) is 19.6 Å². The average Bonchev–Trinajstić information content (AvgIpc) is 2.92. The number of hydrogen-bond acceptors (Lipinski definition) is 5. The zero-order chi connectivity index (χ0) is 15.2. The smallest absolute Gasteiger partial charge is 0.308 e. The van der Waals surface area contributed by atoms with Gasteiger partial charge in [-0.2, -0.15) is 0 Å². The molecule has 2 aromatic rings. The van der Waals surface area contributed by atoms with E-state index in [4.69, 9.17) is 9.84 Å². The van der Waals surface area contributed by atoms with E-state index < -0.39 is 11.9 Å². The minimum atomic E-state index is -0.855. The van der Waals surface area contributed by atoms with Crippen molar-refractivity contribution in [1.29, 1.82) is 0 Å². The van der Waals surface area contributed by atoms with Gasteiger partial charge in [0.2, 0.25) is 0 Å². The topological polar surface area (TPSA) is 90.1 Å². The molecule has 1 heterocycles. The van der Waals surface area contributed by atoms with Crippen molar-refractivity contribution in [3.8, 4) is 5.75 Å². The molecule has 0 aliphatic heterocycles. The Kier molecular flexibility index (Phi) is 4.86. The van der Waals surface area contributed by atoms with Crippen molar-refractivity contribution in [3.05, 3.63) is 35.7 Å². The lowest BCUT2D eigenvalue weighted by molar-refractivity contribution is -0.141. The first-order chi connectivity index (χ1) is 10.1. The van der Waals surface area contributed by atoms with Crippen LogP contribution in [0.5, 0.6) is 5.75 Å². The van der Waals surface area contributed by atoms with Crippen molar-refractivity contribution >= 4 is 5.97 Å². The van der Waals surface area contributed by atoms with Crippen LogP contribution in [0.4, 0.5) is 0 Å². The van der Waals surface area contributed by atoms with Crippen molar-refractivity contribution in [2.24, 2.45) is 5.92 Å². The third kappa shape index (κ3) is 4.01. The van der Waals surface area contributed by atoms with Crippen LogP contribution in [0.1, 0.15) is 18.3 Å². The van der Waals surface area contributed by atoms with Crippen LogP contribution in [0.3, 0.4) is 0 Å². The first-order valence-corrected chi connectivity index (χ1v) is 6.71. The second kappa shape index (κ2) is 6.83. The first kappa shape index (κ1) is 15.0. The minimum absolute atomic E-state index is 0.278. The second-order valence-electron chi connectivity index (χ2n) is 4.86. The molecule has 0 fully saturated rings. The fourth-order valence-electron chi connectivity index (χ4n) is 1.93. The summed E-state index contributed by atoms with van der Waals surface area (Å²) in [4.78, 5) is 10.9. The number of carbonyl (C=O) groups is 1. The number of nitrogens with zero attached hydrogens (tertiary/aromatic N) is 4. The van der Waals surface area contributed by atoms with Gasteiger partial charge in [-0.3, -0.25) is 4.79 Å². The molecule has 0 aliphatic rings. The monoisotopic (exact) mass is 290 g/mol. The Morgan fingerprint density at radius 2 is 2.05 bits per heavy atom. The number of rotatable bonds is 7. The van der Waals surface area contributed by atoms with Crippen LogP contribution < -0.4 is 4.74 Å². The third-order valence-corrected chi connectivity index (χ3v) is 3.27. The number of tetrazole rings is 1. The number of aromatic nitrogens is 4. The molecule has 0 saturated heterocycles. The molecule has 1 atom stereocenters. The maximum Gasteiger partial charge on any atom is 0.308 e. The summed E-state index contributed by atoms with van der Waals surface area (Å²) in [6.45, 7) is 1.91. The van der Waals surface area contributed by atoms with Crippen LogP contribution in [0.25, 0.3) is 0 Å². The Bertz CT molecular complexity index is 595. The number of carboxylic acid groups (broad SMARTS) is 1. The van der Waals surface area contributed by atoms with Crippen LogP contribution in [-0.2, 0) is 24.2 Å². The maximum atomic E-state index is 10.9. The molecule has 112 valence electrons. The zero-order valence-corrected chi connectivity index (χ0v) is 12.1. The molecule has 0 aliphatic carbocycles. The van der Waals surface area contributed by atoms with Crippen LogP contribution >= 0.6 is 0 Å². The molecule has 0 saturated carbocycles. The van der Waals surface area contributed by atoms with Crippen LogP contribution in [0.15, 0.2) is 24.3 Å². The first-order valence-electron chi connectivity index (χ1n) is 6.71. The van der Waals surface area contributed by atoms with E-state index in [-0.39, 0.29) is 6.54 Å². The number of methoxy groups -OCH3 is 1. The molecule has 0 amide bonds. The van der Waals surface area contributed by atoms with Gasteiger partial charge >= 0.3 is 5.97 Å². The summed E-state index contributed by atoms with van der Waals surface area (Å²) in [5.41, 5.74) is 1.15. The molecule has 1 N–H and O–H groups in total. The van der Waals surface area contributed by atoms with Crippen LogP contribution in [0.2, 0.25) is 0 Å². The van der Waals surface area contributed by atoms with Gasteiger partial charge in [0.1, 0.15) is 5.75 Å². The van der Waals surface area contributed by atoms with E-state index in [0.29, 0.717) is 12.2 Å². The van der Waals surface area contributed by atoms with E-state index >= 15 is 0 Å². The summed E-state index contributed by atoms with van der Waals surface area (Å²) >= 11 is 0. The van der Waals surface area contributed by atoms with E-state index in [1.165, 1.54) is 0 Å². The summed E-state index contributed by atoms with van der Waals surface area (Å²) in [6.07, 6.45) is 1.44. The SMILES string of the molecule is COc1ccc(CCc2nnnn2CC(C)C(=O)O)cc1. The minimum Gasteiger partial charge on any atom is -0.497 e.